The molecule has 0 fully saturated rings. The Bertz CT molecular complexity index is 552. The number of hydrogen-bond acceptors (Lipinski definition) is 3. The molecule has 0 heterocycles. The van der Waals surface area contributed by atoms with Crippen LogP contribution in [0.3, 0.4) is 0 Å². The number of benzene rings is 1. The van der Waals surface area contributed by atoms with Gasteiger partial charge < -0.3 is 9.59 Å². The van der Waals surface area contributed by atoms with Crippen molar-refractivity contribution >= 4 is 10.1 Å². The van der Waals surface area contributed by atoms with Gasteiger partial charge in [-0.05, 0) is 26.0 Å². The van der Waals surface area contributed by atoms with E-state index in [1.807, 2.05) is 27.9 Å². The van der Waals surface area contributed by atoms with Crippen molar-refractivity contribution in [3.8, 4) is 0 Å². The first kappa shape index (κ1) is 16.1. The summed E-state index contributed by atoms with van der Waals surface area (Å²) >= 11 is 0. The van der Waals surface area contributed by atoms with Gasteiger partial charge in [0, 0.05) is 5.56 Å². The normalized spacial score (nSPS) is 14.4. The van der Waals surface area contributed by atoms with E-state index in [4.69, 9.17) is 0 Å². The number of aliphatic hydroxyl groups excluding tert-OH is 1. The van der Waals surface area contributed by atoms with Crippen molar-refractivity contribution in [3.05, 3.63) is 29.3 Å². The summed E-state index contributed by atoms with van der Waals surface area (Å²) in [7, 11) is -0.400. The standard InChI is InChI=1S/C13H21NO4S/c1-10-5-6-13(19(16,17)18)12(7-10)8-14(3,4)11(2)9-15/h5-7,11,15H,8-9H2,1-4H3/p+1/t11-/m0/s1. The lowest BCUT2D eigenvalue weighted by Crippen LogP contribution is -2.48. The minimum Gasteiger partial charge on any atom is -0.390 e. The van der Waals surface area contributed by atoms with Crippen LogP contribution in [0, 0.1) is 6.92 Å². The highest BCUT2D eigenvalue weighted by atomic mass is 32.2. The molecule has 0 saturated carbocycles. The Labute approximate surface area is 114 Å². The average molecular weight is 288 g/mol. The molecule has 19 heavy (non-hydrogen) atoms. The minimum absolute atomic E-state index is 0.0139. The second kappa shape index (κ2) is 5.58. The summed E-state index contributed by atoms with van der Waals surface area (Å²) in [5, 5.41) is 9.25. The number of aliphatic hydroxyl groups is 1. The van der Waals surface area contributed by atoms with Gasteiger partial charge in [0.15, 0.2) is 0 Å². The van der Waals surface area contributed by atoms with Crippen LogP contribution < -0.4 is 0 Å². The van der Waals surface area contributed by atoms with Crippen LogP contribution in [0.4, 0.5) is 0 Å². The van der Waals surface area contributed by atoms with E-state index < -0.39 is 10.1 Å². The van der Waals surface area contributed by atoms with Gasteiger partial charge in [0.2, 0.25) is 0 Å². The maximum Gasteiger partial charge on any atom is 0.295 e. The molecule has 1 aromatic rings. The van der Waals surface area contributed by atoms with Crippen LogP contribution in [0.25, 0.3) is 0 Å². The second-order valence-corrected chi connectivity index (χ2v) is 6.94. The van der Waals surface area contributed by atoms with E-state index >= 15 is 0 Å². The highest BCUT2D eigenvalue weighted by Crippen LogP contribution is 2.22. The fourth-order valence-corrected chi connectivity index (χ4v) is 2.59. The Morgan fingerprint density at radius 3 is 2.37 bits per heavy atom. The summed E-state index contributed by atoms with van der Waals surface area (Å²) in [6.45, 7) is 4.19. The fraction of sp³-hybridized carbons (Fsp3) is 0.538. The molecule has 0 aliphatic heterocycles. The number of hydrogen-bond donors (Lipinski definition) is 2. The Hall–Kier alpha value is -0.950. The summed E-state index contributed by atoms with van der Waals surface area (Å²) in [5.74, 6) is 0. The lowest BCUT2D eigenvalue weighted by Gasteiger charge is -2.35. The lowest BCUT2D eigenvalue weighted by molar-refractivity contribution is -0.926. The maximum absolute atomic E-state index is 11.4. The van der Waals surface area contributed by atoms with Crippen molar-refractivity contribution in [1.82, 2.24) is 0 Å². The second-order valence-electron chi connectivity index (χ2n) is 5.55. The Morgan fingerprint density at radius 1 is 1.32 bits per heavy atom. The fourth-order valence-electron chi connectivity index (χ4n) is 1.90. The zero-order valence-electron chi connectivity index (χ0n) is 11.8. The Balaban J connectivity index is 3.24. The molecule has 0 saturated heterocycles. The van der Waals surface area contributed by atoms with Gasteiger partial charge in [-0.1, -0.05) is 11.6 Å². The first-order valence-corrected chi connectivity index (χ1v) is 7.52. The van der Waals surface area contributed by atoms with Gasteiger partial charge in [-0.3, -0.25) is 4.55 Å². The van der Waals surface area contributed by atoms with Crippen LogP contribution in [-0.4, -0.2) is 49.3 Å². The number of nitrogens with zero attached hydrogens (tertiary/aromatic N) is 1. The third-order valence-corrected chi connectivity index (χ3v) is 4.48. The number of rotatable bonds is 5. The van der Waals surface area contributed by atoms with E-state index in [1.54, 1.807) is 12.1 Å². The SMILES string of the molecule is Cc1ccc(S(=O)(=O)O)c(C[N+](C)(C)[C@@H](C)CO)c1. The van der Waals surface area contributed by atoms with E-state index in [0.717, 1.165) is 5.56 Å². The van der Waals surface area contributed by atoms with Crippen molar-refractivity contribution in [1.29, 1.82) is 0 Å². The number of likely N-dealkylation sites (N-methyl/N-ethyl adjacent to an activating group) is 1. The van der Waals surface area contributed by atoms with E-state index in [-0.39, 0.29) is 17.5 Å². The topological polar surface area (TPSA) is 74.6 Å². The van der Waals surface area contributed by atoms with Gasteiger partial charge in [0.1, 0.15) is 17.5 Å². The number of quaternary nitrogens is 1. The van der Waals surface area contributed by atoms with Crippen LogP contribution >= 0.6 is 0 Å². The van der Waals surface area contributed by atoms with E-state index in [0.29, 0.717) is 16.6 Å². The first-order valence-electron chi connectivity index (χ1n) is 6.08. The van der Waals surface area contributed by atoms with Crippen LogP contribution in [0.1, 0.15) is 18.1 Å². The quantitative estimate of drug-likeness (QED) is 0.630. The van der Waals surface area contributed by atoms with Crippen LogP contribution in [-0.2, 0) is 16.7 Å². The van der Waals surface area contributed by atoms with Crippen LogP contribution in [0.5, 0.6) is 0 Å². The Kier molecular flexibility index (Phi) is 4.73. The molecule has 0 spiro atoms. The molecule has 6 heteroatoms. The molecule has 2 N–H and O–H groups in total. The third kappa shape index (κ3) is 4.01. The largest absolute Gasteiger partial charge is 0.390 e. The molecule has 0 aliphatic carbocycles. The zero-order valence-corrected chi connectivity index (χ0v) is 12.6. The van der Waals surface area contributed by atoms with Crippen molar-refractivity contribution in [2.24, 2.45) is 0 Å². The minimum atomic E-state index is -4.23. The Morgan fingerprint density at radius 2 is 1.89 bits per heavy atom. The molecule has 1 aromatic carbocycles. The van der Waals surface area contributed by atoms with Gasteiger partial charge in [-0.15, -0.1) is 0 Å². The molecule has 108 valence electrons. The molecule has 0 aliphatic rings. The summed E-state index contributed by atoms with van der Waals surface area (Å²) in [6.07, 6.45) is 0. The van der Waals surface area contributed by atoms with Crippen molar-refractivity contribution < 1.29 is 22.6 Å². The lowest BCUT2D eigenvalue weighted by atomic mass is 10.1. The number of aryl methyl sites for hydroxylation is 1. The third-order valence-electron chi connectivity index (χ3n) is 3.53. The zero-order chi connectivity index (χ0) is 14.8. The van der Waals surface area contributed by atoms with Gasteiger partial charge in [0.05, 0.1) is 20.7 Å². The first-order chi connectivity index (χ1) is 8.58. The van der Waals surface area contributed by atoms with E-state index in [1.165, 1.54) is 6.07 Å². The van der Waals surface area contributed by atoms with Gasteiger partial charge in [-0.25, -0.2) is 0 Å². The summed E-state index contributed by atoms with van der Waals surface area (Å²) in [4.78, 5) is -0.0607. The van der Waals surface area contributed by atoms with Crippen LogP contribution in [0.15, 0.2) is 23.1 Å². The molecule has 1 atom stereocenters. The monoisotopic (exact) mass is 288 g/mol. The maximum atomic E-state index is 11.4. The molecule has 0 radical (unpaired) electrons. The predicted molar refractivity (Wildman–Crippen MR) is 73.4 cm³/mol. The van der Waals surface area contributed by atoms with Gasteiger partial charge in [-0.2, -0.15) is 8.42 Å². The van der Waals surface area contributed by atoms with Gasteiger partial charge in [0.25, 0.3) is 10.1 Å². The smallest absolute Gasteiger partial charge is 0.295 e. The molecule has 5 nitrogen and oxygen atoms in total. The molecule has 0 unspecified atom stereocenters. The van der Waals surface area contributed by atoms with Crippen molar-refractivity contribution in [3.63, 3.8) is 0 Å². The summed E-state index contributed by atoms with van der Waals surface area (Å²) in [5.41, 5.74) is 1.49. The molecule has 1 rings (SSSR count). The molecular weight excluding hydrogens is 266 g/mol. The van der Waals surface area contributed by atoms with Crippen molar-refractivity contribution in [2.45, 2.75) is 31.3 Å². The highest BCUT2D eigenvalue weighted by molar-refractivity contribution is 7.85. The summed E-state index contributed by atoms with van der Waals surface area (Å²) in [6, 6.07) is 4.80. The summed E-state index contributed by atoms with van der Waals surface area (Å²) < 4.78 is 32.5. The van der Waals surface area contributed by atoms with Crippen LogP contribution in [0.2, 0.25) is 0 Å². The molecular formula is C13H22NO4S+. The van der Waals surface area contributed by atoms with E-state index in [2.05, 4.69) is 0 Å². The van der Waals surface area contributed by atoms with E-state index in [9.17, 15) is 18.1 Å². The van der Waals surface area contributed by atoms with Gasteiger partial charge >= 0.3 is 0 Å². The molecule has 0 amide bonds. The molecule has 0 aromatic heterocycles. The average Bonchev–Trinajstić information content (AvgIpc) is 2.25. The highest BCUT2D eigenvalue weighted by Gasteiger charge is 2.27. The predicted octanol–water partition coefficient (Wildman–Crippen LogP) is 1.20. The molecule has 0 bridgehead atoms. The van der Waals surface area contributed by atoms with Crippen molar-refractivity contribution in [2.75, 3.05) is 20.7 Å².